The van der Waals surface area contributed by atoms with Gasteiger partial charge in [-0.25, -0.2) is 9.97 Å². The largest absolute Gasteiger partial charge is 0.393 e. The summed E-state index contributed by atoms with van der Waals surface area (Å²) in [5.74, 6) is 0.485. The number of aryl methyl sites for hydroxylation is 2. The summed E-state index contributed by atoms with van der Waals surface area (Å²) in [5, 5.41) is 5.08. The number of benzene rings is 3. The number of carbonyl (C=O) groups excluding carboxylic acids is 1. The number of fused-ring (bicyclic) bond motifs is 1. The van der Waals surface area contributed by atoms with Gasteiger partial charge in [-0.15, -0.1) is 0 Å². The molecule has 0 saturated carbocycles. The van der Waals surface area contributed by atoms with Crippen molar-refractivity contribution in [1.29, 1.82) is 0 Å². The molecular formula is C23H22N6O. The van der Waals surface area contributed by atoms with Crippen LogP contribution in [0.15, 0.2) is 67.0 Å². The molecule has 150 valence electrons. The number of carbonyl (C=O) groups is 1. The topological polar surface area (TPSA) is 105 Å². The minimum Gasteiger partial charge on any atom is -0.393 e. The van der Waals surface area contributed by atoms with E-state index in [1.807, 2.05) is 62.4 Å². The van der Waals surface area contributed by atoms with Crippen molar-refractivity contribution in [1.82, 2.24) is 15.4 Å². The molecule has 0 aliphatic rings. The van der Waals surface area contributed by atoms with E-state index in [2.05, 4.69) is 32.2 Å². The molecule has 5 N–H and O–H groups in total. The van der Waals surface area contributed by atoms with E-state index in [4.69, 9.17) is 5.73 Å². The fourth-order valence-corrected chi connectivity index (χ4v) is 3.28. The van der Waals surface area contributed by atoms with Crippen LogP contribution in [0.1, 0.15) is 21.5 Å². The number of nitrogens with one attached hydrogen (secondary N) is 3. The number of nitrogens with two attached hydrogens (primary N) is 1. The second-order valence-electron chi connectivity index (χ2n) is 7.03. The molecule has 7 heteroatoms. The monoisotopic (exact) mass is 398 g/mol. The molecule has 30 heavy (non-hydrogen) atoms. The molecule has 0 saturated heterocycles. The van der Waals surface area contributed by atoms with Crippen LogP contribution < -0.4 is 21.9 Å². The second kappa shape index (κ2) is 8.08. The number of nitrogens with zero attached hydrogens (tertiary/aromatic N) is 2. The van der Waals surface area contributed by atoms with Crippen LogP contribution >= 0.6 is 0 Å². The zero-order valence-corrected chi connectivity index (χ0v) is 16.7. The SMILES string of the molecule is Cc1ccc(Nc2ncnc(NNC(=O)c3cccc4ccccc34)c2N)c(C)c1. The number of anilines is 4. The molecule has 1 amide bonds. The smallest absolute Gasteiger partial charge is 0.270 e. The first-order valence-electron chi connectivity index (χ1n) is 9.52. The van der Waals surface area contributed by atoms with Gasteiger partial charge in [-0.05, 0) is 42.3 Å². The fraction of sp³-hybridized carbons (Fsp3) is 0.0870. The van der Waals surface area contributed by atoms with Gasteiger partial charge in [0, 0.05) is 11.3 Å². The number of hydrogen-bond donors (Lipinski definition) is 4. The van der Waals surface area contributed by atoms with Gasteiger partial charge in [0.2, 0.25) is 0 Å². The van der Waals surface area contributed by atoms with E-state index in [9.17, 15) is 4.79 Å². The van der Waals surface area contributed by atoms with Crippen molar-refractivity contribution in [2.75, 3.05) is 16.5 Å². The van der Waals surface area contributed by atoms with Gasteiger partial charge in [-0.1, -0.05) is 54.1 Å². The average molecular weight is 398 g/mol. The Morgan fingerprint density at radius 2 is 1.70 bits per heavy atom. The van der Waals surface area contributed by atoms with Crippen LogP contribution in [0.2, 0.25) is 0 Å². The average Bonchev–Trinajstić information content (AvgIpc) is 2.75. The molecule has 1 heterocycles. The molecule has 0 spiro atoms. The van der Waals surface area contributed by atoms with E-state index in [0.717, 1.165) is 22.0 Å². The van der Waals surface area contributed by atoms with Crippen LogP contribution in [0, 0.1) is 13.8 Å². The van der Waals surface area contributed by atoms with Crippen LogP contribution in [-0.2, 0) is 0 Å². The normalized spacial score (nSPS) is 10.6. The number of hydrazine groups is 1. The van der Waals surface area contributed by atoms with Crippen molar-refractivity contribution in [2.45, 2.75) is 13.8 Å². The molecule has 1 aromatic heterocycles. The Morgan fingerprint density at radius 1 is 0.933 bits per heavy atom. The molecule has 3 aromatic carbocycles. The van der Waals surface area contributed by atoms with Crippen molar-refractivity contribution in [3.63, 3.8) is 0 Å². The summed E-state index contributed by atoms with van der Waals surface area (Å²) < 4.78 is 0. The maximum absolute atomic E-state index is 12.7. The summed E-state index contributed by atoms with van der Waals surface area (Å²) in [7, 11) is 0. The third-order valence-electron chi connectivity index (χ3n) is 4.85. The van der Waals surface area contributed by atoms with E-state index in [-0.39, 0.29) is 5.91 Å². The highest BCUT2D eigenvalue weighted by atomic mass is 16.2. The molecule has 4 rings (SSSR count). The van der Waals surface area contributed by atoms with Crippen molar-refractivity contribution >= 4 is 39.7 Å². The first-order chi connectivity index (χ1) is 14.5. The van der Waals surface area contributed by atoms with Crippen molar-refractivity contribution in [2.24, 2.45) is 0 Å². The first kappa shape index (κ1) is 19.2. The highest BCUT2D eigenvalue weighted by Gasteiger charge is 2.13. The van der Waals surface area contributed by atoms with Crippen LogP contribution in [0.25, 0.3) is 10.8 Å². The predicted molar refractivity (Wildman–Crippen MR) is 121 cm³/mol. The minimum absolute atomic E-state index is 0.284. The van der Waals surface area contributed by atoms with E-state index in [0.29, 0.717) is 22.9 Å². The molecule has 0 aliphatic heterocycles. The van der Waals surface area contributed by atoms with Gasteiger partial charge in [0.25, 0.3) is 5.91 Å². The number of nitrogen functional groups attached to an aromatic ring is 1. The lowest BCUT2D eigenvalue weighted by molar-refractivity contribution is 0.0964. The summed E-state index contributed by atoms with van der Waals surface area (Å²) in [4.78, 5) is 21.1. The highest BCUT2D eigenvalue weighted by molar-refractivity contribution is 6.07. The van der Waals surface area contributed by atoms with E-state index >= 15 is 0 Å². The molecule has 0 fully saturated rings. The van der Waals surface area contributed by atoms with Gasteiger partial charge in [-0.2, -0.15) is 0 Å². The van der Waals surface area contributed by atoms with Gasteiger partial charge in [-0.3, -0.25) is 15.6 Å². The lowest BCUT2D eigenvalue weighted by atomic mass is 10.0. The van der Waals surface area contributed by atoms with Gasteiger partial charge >= 0.3 is 0 Å². The van der Waals surface area contributed by atoms with Crippen molar-refractivity contribution in [3.05, 3.63) is 83.7 Å². The maximum atomic E-state index is 12.7. The standard InChI is InChI=1S/C23H22N6O/c1-14-10-11-19(15(2)12-14)27-21-20(24)22(26-13-25-21)28-29-23(30)18-9-5-7-16-6-3-4-8-17(16)18/h3-13H,24H2,1-2H3,(H,29,30)(H2,25,26,27,28). The summed E-state index contributed by atoms with van der Waals surface area (Å²) >= 11 is 0. The van der Waals surface area contributed by atoms with Gasteiger partial charge in [0.05, 0.1) is 0 Å². The summed E-state index contributed by atoms with van der Waals surface area (Å²) in [6, 6.07) is 19.4. The zero-order chi connectivity index (χ0) is 21.1. The van der Waals surface area contributed by atoms with Crippen LogP contribution in [0.5, 0.6) is 0 Å². The maximum Gasteiger partial charge on any atom is 0.270 e. The third kappa shape index (κ3) is 3.86. The fourth-order valence-electron chi connectivity index (χ4n) is 3.28. The number of hydrogen-bond acceptors (Lipinski definition) is 6. The van der Waals surface area contributed by atoms with Crippen molar-refractivity contribution < 1.29 is 4.79 Å². The number of amides is 1. The van der Waals surface area contributed by atoms with Crippen LogP contribution in [0.3, 0.4) is 0 Å². The van der Waals surface area contributed by atoms with Gasteiger partial charge < -0.3 is 11.1 Å². The lowest BCUT2D eigenvalue weighted by Crippen LogP contribution is -2.30. The summed E-state index contributed by atoms with van der Waals surface area (Å²) in [6.07, 6.45) is 1.38. The van der Waals surface area contributed by atoms with Crippen LogP contribution in [0.4, 0.5) is 23.0 Å². The van der Waals surface area contributed by atoms with Gasteiger partial charge in [0.1, 0.15) is 12.0 Å². The van der Waals surface area contributed by atoms with E-state index < -0.39 is 0 Å². The first-order valence-corrected chi connectivity index (χ1v) is 9.52. The zero-order valence-electron chi connectivity index (χ0n) is 16.7. The van der Waals surface area contributed by atoms with E-state index in [1.165, 1.54) is 11.9 Å². The number of aromatic nitrogens is 2. The molecule has 4 aromatic rings. The summed E-state index contributed by atoms with van der Waals surface area (Å²) in [5.41, 5.74) is 15.7. The molecule has 0 bridgehead atoms. The van der Waals surface area contributed by atoms with Gasteiger partial charge in [0.15, 0.2) is 11.6 Å². The van der Waals surface area contributed by atoms with E-state index in [1.54, 1.807) is 6.07 Å². The Labute approximate surface area is 174 Å². The molecule has 7 nitrogen and oxygen atoms in total. The highest BCUT2D eigenvalue weighted by Crippen LogP contribution is 2.27. The quantitative estimate of drug-likeness (QED) is 0.373. The second-order valence-corrected chi connectivity index (χ2v) is 7.03. The molecule has 0 aliphatic carbocycles. The Hall–Kier alpha value is -4.13. The molecular weight excluding hydrogens is 376 g/mol. The molecule has 0 radical (unpaired) electrons. The third-order valence-corrected chi connectivity index (χ3v) is 4.85. The van der Waals surface area contributed by atoms with Crippen molar-refractivity contribution in [3.8, 4) is 0 Å². The number of rotatable bonds is 5. The Balaban J connectivity index is 1.52. The van der Waals surface area contributed by atoms with Crippen LogP contribution in [-0.4, -0.2) is 15.9 Å². The predicted octanol–water partition coefficient (Wildman–Crippen LogP) is 4.33. The summed E-state index contributed by atoms with van der Waals surface area (Å²) in [6.45, 7) is 4.05. The Kier molecular flexibility index (Phi) is 5.17. The minimum atomic E-state index is -0.284. The Morgan fingerprint density at radius 3 is 2.53 bits per heavy atom. The lowest BCUT2D eigenvalue weighted by Gasteiger charge is -2.15. The molecule has 0 unspecified atom stereocenters. The Bertz CT molecular complexity index is 1230. The molecule has 0 atom stereocenters.